The van der Waals surface area contributed by atoms with Crippen LogP contribution in [0, 0.1) is 6.92 Å². The summed E-state index contributed by atoms with van der Waals surface area (Å²) in [5.74, 6) is -23.5. The summed E-state index contributed by atoms with van der Waals surface area (Å²) in [5.41, 5.74) is -2.18. The van der Waals surface area contributed by atoms with Crippen LogP contribution in [0.5, 0.6) is 0 Å². The fourth-order valence-corrected chi connectivity index (χ4v) is 2.32. The second-order valence-electron chi connectivity index (χ2n) is 5.65. The van der Waals surface area contributed by atoms with E-state index in [1.807, 2.05) is 0 Å². The monoisotopic (exact) mass is 360 g/mol. The van der Waals surface area contributed by atoms with Gasteiger partial charge in [0.05, 0.1) is 11.3 Å². The van der Waals surface area contributed by atoms with E-state index in [0.29, 0.717) is 5.56 Å². The minimum absolute atomic E-state index is 0.237. The van der Waals surface area contributed by atoms with Crippen LogP contribution in [-0.4, -0.2) is 42.8 Å². The molecule has 1 aliphatic rings. The molecule has 2 nitrogen and oxygen atoms in total. The van der Waals surface area contributed by atoms with Crippen molar-refractivity contribution in [3.05, 3.63) is 29.6 Å². The van der Waals surface area contributed by atoms with Crippen molar-refractivity contribution >= 4 is 11.3 Å². The van der Waals surface area contributed by atoms with Gasteiger partial charge in [-0.15, -0.1) is 0 Å². The average Bonchev–Trinajstić information content (AvgIpc) is 2.43. The highest BCUT2D eigenvalue weighted by Gasteiger charge is 2.83. The lowest BCUT2D eigenvalue weighted by molar-refractivity contribution is -0.348. The van der Waals surface area contributed by atoms with Gasteiger partial charge in [0.25, 0.3) is 0 Å². The van der Waals surface area contributed by atoms with Crippen molar-refractivity contribution in [1.29, 1.82) is 0 Å². The van der Waals surface area contributed by atoms with Crippen LogP contribution in [0.2, 0.25) is 0 Å². The Labute approximate surface area is 131 Å². The molecule has 0 fully saturated rings. The summed E-state index contributed by atoms with van der Waals surface area (Å²) in [7, 11) is 2.99. The first kappa shape index (κ1) is 18.5. The molecule has 1 aromatic heterocycles. The Hall–Kier alpha value is -1.87. The molecule has 134 valence electrons. The van der Waals surface area contributed by atoms with Gasteiger partial charge in [0.15, 0.2) is 0 Å². The minimum atomic E-state index is -6.28. The first-order chi connectivity index (χ1) is 10.7. The molecule has 2 rings (SSSR count). The molecule has 24 heavy (non-hydrogen) atoms. The van der Waals surface area contributed by atoms with Crippen molar-refractivity contribution in [2.24, 2.45) is 0 Å². The molecule has 0 N–H and O–H groups in total. The molecule has 0 unspecified atom stereocenters. The lowest BCUT2D eigenvalue weighted by Gasteiger charge is -2.40. The predicted molar refractivity (Wildman–Crippen MR) is 71.1 cm³/mol. The minimum Gasteiger partial charge on any atom is -0.377 e. The van der Waals surface area contributed by atoms with E-state index in [9.17, 15) is 35.1 Å². The van der Waals surface area contributed by atoms with Gasteiger partial charge in [0.2, 0.25) is 0 Å². The molecule has 0 atom stereocenters. The highest BCUT2D eigenvalue weighted by molar-refractivity contribution is 5.75. The number of pyridine rings is 1. The summed E-state index contributed by atoms with van der Waals surface area (Å²) in [6, 6.07) is 0.866. The van der Waals surface area contributed by atoms with Gasteiger partial charge < -0.3 is 4.90 Å². The lowest BCUT2D eigenvalue weighted by Crippen LogP contribution is -2.65. The Morgan fingerprint density at radius 1 is 0.917 bits per heavy atom. The number of hydrogen-bond acceptors (Lipinski definition) is 2. The third-order valence-electron chi connectivity index (χ3n) is 3.70. The molecule has 0 bridgehead atoms. The summed E-state index contributed by atoms with van der Waals surface area (Å²) in [6.45, 7) is 1.52. The number of aromatic nitrogens is 1. The standard InChI is InChI=1S/C14H12F8N2/c1-7-6-23-9(4-10(7)24(2)3)8-5-11(15,16)13(19,20)14(21,22)12(8,17)18/h4-6H,1-3H3. The van der Waals surface area contributed by atoms with Crippen molar-refractivity contribution in [2.45, 2.75) is 30.6 Å². The van der Waals surface area contributed by atoms with E-state index < -0.39 is 41.0 Å². The van der Waals surface area contributed by atoms with E-state index in [1.54, 1.807) is 0 Å². The van der Waals surface area contributed by atoms with Gasteiger partial charge in [-0.2, -0.15) is 35.1 Å². The number of allylic oxidation sites excluding steroid dienone is 2. The highest BCUT2D eigenvalue weighted by atomic mass is 19.4. The summed E-state index contributed by atoms with van der Waals surface area (Å²) in [4.78, 5) is 4.84. The molecular formula is C14H12F8N2. The fourth-order valence-electron chi connectivity index (χ4n) is 2.32. The van der Waals surface area contributed by atoms with Crippen LogP contribution in [0.25, 0.3) is 5.57 Å². The SMILES string of the molecule is Cc1cnc(C2=CC(F)(F)C(F)(F)C(F)(F)C2(F)F)cc1N(C)C. The quantitative estimate of drug-likeness (QED) is 0.727. The van der Waals surface area contributed by atoms with Gasteiger partial charge in [-0.1, -0.05) is 0 Å². The summed E-state index contributed by atoms with van der Waals surface area (Å²) < 4.78 is 108. The second kappa shape index (κ2) is 5.06. The van der Waals surface area contributed by atoms with Crippen LogP contribution in [0.4, 0.5) is 40.8 Å². The van der Waals surface area contributed by atoms with E-state index in [2.05, 4.69) is 4.98 Å². The van der Waals surface area contributed by atoms with Crippen LogP contribution in [0.3, 0.4) is 0 Å². The maximum atomic E-state index is 13.9. The smallest absolute Gasteiger partial charge is 0.377 e. The van der Waals surface area contributed by atoms with Crippen LogP contribution < -0.4 is 4.90 Å². The summed E-state index contributed by atoms with van der Waals surface area (Å²) >= 11 is 0. The molecule has 0 saturated heterocycles. The van der Waals surface area contributed by atoms with Crippen LogP contribution in [0.15, 0.2) is 18.3 Å². The number of aryl methyl sites for hydroxylation is 1. The Balaban J connectivity index is 2.74. The number of halogens is 8. The van der Waals surface area contributed by atoms with Gasteiger partial charge in [-0.3, -0.25) is 4.98 Å². The third kappa shape index (κ3) is 2.26. The van der Waals surface area contributed by atoms with Gasteiger partial charge >= 0.3 is 23.7 Å². The van der Waals surface area contributed by atoms with Crippen molar-refractivity contribution in [1.82, 2.24) is 4.98 Å². The molecule has 0 aromatic carbocycles. The van der Waals surface area contributed by atoms with Crippen molar-refractivity contribution < 1.29 is 35.1 Å². The van der Waals surface area contributed by atoms with Crippen molar-refractivity contribution in [3.63, 3.8) is 0 Å². The number of rotatable bonds is 2. The third-order valence-corrected chi connectivity index (χ3v) is 3.70. The highest BCUT2D eigenvalue weighted by Crippen LogP contribution is 2.60. The Kier molecular flexibility index (Phi) is 3.89. The number of nitrogens with zero attached hydrogens (tertiary/aromatic N) is 2. The molecule has 0 spiro atoms. The molecule has 10 heteroatoms. The number of hydrogen-bond donors (Lipinski definition) is 0. The van der Waals surface area contributed by atoms with Crippen molar-refractivity contribution in [2.75, 3.05) is 19.0 Å². The Morgan fingerprint density at radius 3 is 1.96 bits per heavy atom. The summed E-state index contributed by atoms with van der Waals surface area (Å²) in [6.07, 6.45) is 0.173. The first-order valence-corrected chi connectivity index (χ1v) is 6.56. The van der Waals surface area contributed by atoms with Crippen LogP contribution >= 0.6 is 0 Å². The van der Waals surface area contributed by atoms with Crippen molar-refractivity contribution in [3.8, 4) is 0 Å². The number of alkyl halides is 8. The number of anilines is 1. The zero-order chi connectivity index (χ0) is 18.7. The largest absolute Gasteiger partial charge is 0.382 e. The van der Waals surface area contributed by atoms with Gasteiger partial charge in [0.1, 0.15) is 0 Å². The van der Waals surface area contributed by atoms with Gasteiger partial charge in [-0.05, 0) is 18.6 Å². The molecule has 0 amide bonds. The average molecular weight is 360 g/mol. The van der Waals surface area contributed by atoms with Crippen LogP contribution in [0.1, 0.15) is 11.3 Å². The molecule has 1 aromatic rings. The predicted octanol–water partition coefficient (Wildman–Crippen LogP) is 4.39. The molecular weight excluding hydrogens is 348 g/mol. The molecule has 0 aliphatic heterocycles. The van der Waals surface area contributed by atoms with E-state index in [4.69, 9.17) is 0 Å². The fraction of sp³-hybridized carbons (Fsp3) is 0.500. The van der Waals surface area contributed by atoms with E-state index in [0.717, 1.165) is 12.3 Å². The molecule has 0 radical (unpaired) electrons. The topological polar surface area (TPSA) is 16.1 Å². The maximum Gasteiger partial charge on any atom is 0.382 e. The van der Waals surface area contributed by atoms with Gasteiger partial charge in [0, 0.05) is 32.1 Å². The Bertz CT molecular complexity index is 694. The molecule has 0 saturated carbocycles. The van der Waals surface area contributed by atoms with E-state index >= 15 is 0 Å². The molecule has 1 heterocycles. The van der Waals surface area contributed by atoms with E-state index in [1.165, 1.54) is 25.9 Å². The van der Waals surface area contributed by atoms with Crippen LogP contribution in [-0.2, 0) is 0 Å². The lowest BCUT2D eigenvalue weighted by atomic mass is 9.84. The normalized spacial score (nSPS) is 23.5. The van der Waals surface area contributed by atoms with Gasteiger partial charge in [-0.25, -0.2) is 0 Å². The first-order valence-electron chi connectivity index (χ1n) is 6.56. The molecule has 1 aliphatic carbocycles. The second-order valence-corrected chi connectivity index (χ2v) is 5.65. The summed E-state index contributed by atoms with van der Waals surface area (Å²) in [5, 5.41) is 0. The maximum absolute atomic E-state index is 13.9. The zero-order valence-corrected chi connectivity index (χ0v) is 12.7. The Morgan fingerprint density at radius 2 is 1.46 bits per heavy atom. The van der Waals surface area contributed by atoms with E-state index in [-0.39, 0.29) is 5.69 Å². The zero-order valence-electron chi connectivity index (χ0n) is 12.7.